The maximum atomic E-state index is 12.1. The van der Waals surface area contributed by atoms with Crippen LogP contribution < -0.4 is 10.1 Å². The Morgan fingerprint density at radius 1 is 1.13 bits per heavy atom. The van der Waals surface area contributed by atoms with Gasteiger partial charge in [-0.25, -0.2) is 0 Å². The number of amides is 1. The molecule has 0 unspecified atom stereocenters. The second-order valence-electron chi connectivity index (χ2n) is 5.58. The summed E-state index contributed by atoms with van der Waals surface area (Å²) in [6, 6.07) is 5.88. The van der Waals surface area contributed by atoms with Crippen molar-refractivity contribution in [3.05, 3.63) is 24.3 Å². The van der Waals surface area contributed by atoms with Gasteiger partial charge in [0.15, 0.2) is 0 Å². The lowest BCUT2D eigenvalue weighted by Crippen LogP contribution is -2.31. The molecule has 1 aromatic rings. The standard InChI is InChI=1S/C16H21F3N2O2/c17-16(18,19)15(22)20-13-5-7-14(8-6-13)23-12-4-11-21-9-2-1-3-10-21/h5-8H,1-4,9-12H2,(H,20,22). The molecule has 4 nitrogen and oxygen atoms in total. The van der Waals surface area contributed by atoms with Gasteiger partial charge in [-0.1, -0.05) is 6.42 Å². The number of nitrogens with zero attached hydrogens (tertiary/aromatic N) is 1. The van der Waals surface area contributed by atoms with Crippen molar-refractivity contribution >= 4 is 11.6 Å². The number of alkyl halides is 3. The third kappa shape index (κ3) is 6.09. The molecule has 0 atom stereocenters. The quantitative estimate of drug-likeness (QED) is 0.813. The molecule has 1 aliphatic heterocycles. The highest BCUT2D eigenvalue weighted by Crippen LogP contribution is 2.20. The molecule has 1 amide bonds. The smallest absolute Gasteiger partial charge is 0.471 e. The number of carbonyl (C=O) groups excluding carboxylic acids is 1. The molecule has 1 aliphatic rings. The van der Waals surface area contributed by atoms with Gasteiger partial charge in [-0.05, 0) is 56.6 Å². The van der Waals surface area contributed by atoms with Gasteiger partial charge in [0.05, 0.1) is 6.61 Å². The first-order valence-corrected chi connectivity index (χ1v) is 7.78. The lowest BCUT2D eigenvalue weighted by atomic mass is 10.1. The van der Waals surface area contributed by atoms with Crippen LogP contribution in [0.4, 0.5) is 18.9 Å². The molecule has 23 heavy (non-hydrogen) atoms. The third-order valence-electron chi connectivity index (χ3n) is 3.71. The van der Waals surface area contributed by atoms with Gasteiger partial charge in [0.25, 0.3) is 0 Å². The number of halogens is 3. The van der Waals surface area contributed by atoms with Gasteiger partial charge in [-0.3, -0.25) is 4.79 Å². The lowest BCUT2D eigenvalue weighted by molar-refractivity contribution is -0.167. The predicted molar refractivity (Wildman–Crippen MR) is 81.5 cm³/mol. The van der Waals surface area contributed by atoms with Crippen LogP contribution in [0.5, 0.6) is 5.75 Å². The minimum absolute atomic E-state index is 0.0907. The van der Waals surface area contributed by atoms with E-state index in [1.165, 1.54) is 31.4 Å². The fourth-order valence-corrected chi connectivity index (χ4v) is 2.50. The largest absolute Gasteiger partial charge is 0.494 e. The summed E-state index contributed by atoms with van der Waals surface area (Å²) in [6.07, 6.45) is -0.154. The number of nitrogens with one attached hydrogen (secondary N) is 1. The van der Waals surface area contributed by atoms with Gasteiger partial charge in [-0.2, -0.15) is 13.2 Å². The van der Waals surface area contributed by atoms with Gasteiger partial charge in [0.2, 0.25) is 0 Å². The van der Waals surface area contributed by atoms with Crippen LogP contribution in [0.3, 0.4) is 0 Å². The molecule has 1 N–H and O–H groups in total. The van der Waals surface area contributed by atoms with Gasteiger partial charge >= 0.3 is 12.1 Å². The Labute approximate surface area is 133 Å². The average molecular weight is 330 g/mol. The van der Waals surface area contributed by atoms with E-state index in [4.69, 9.17) is 4.74 Å². The van der Waals surface area contributed by atoms with Crippen LogP contribution in [-0.2, 0) is 4.79 Å². The van der Waals surface area contributed by atoms with Crippen LogP contribution in [0.25, 0.3) is 0 Å². The van der Waals surface area contributed by atoms with Crippen LogP contribution in [0.15, 0.2) is 24.3 Å². The summed E-state index contributed by atoms with van der Waals surface area (Å²) in [7, 11) is 0. The van der Waals surface area contributed by atoms with Crippen molar-refractivity contribution in [3.8, 4) is 5.75 Å². The van der Waals surface area contributed by atoms with Crippen molar-refractivity contribution in [2.75, 3.05) is 31.6 Å². The highest BCUT2D eigenvalue weighted by molar-refractivity contribution is 5.94. The monoisotopic (exact) mass is 330 g/mol. The van der Waals surface area contributed by atoms with Crippen LogP contribution in [0, 0.1) is 0 Å². The summed E-state index contributed by atoms with van der Waals surface area (Å²) < 4.78 is 42.0. The Morgan fingerprint density at radius 2 is 1.78 bits per heavy atom. The number of hydrogen-bond donors (Lipinski definition) is 1. The number of piperidine rings is 1. The number of benzene rings is 1. The maximum absolute atomic E-state index is 12.1. The van der Waals surface area contributed by atoms with Crippen molar-refractivity contribution in [1.82, 2.24) is 4.90 Å². The van der Waals surface area contributed by atoms with Crippen LogP contribution in [0.1, 0.15) is 25.7 Å². The summed E-state index contributed by atoms with van der Waals surface area (Å²) in [5, 5.41) is 1.79. The lowest BCUT2D eigenvalue weighted by Gasteiger charge is -2.26. The van der Waals surface area contributed by atoms with E-state index in [9.17, 15) is 18.0 Å². The van der Waals surface area contributed by atoms with E-state index in [1.807, 2.05) is 0 Å². The Kier molecular flexibility index (Phi) is 6.27. The first-order valence-electron chi connectivity index (χ1n) is 7.78. The van der Waals surface area contributed by atoms with E-state index in [1.54, 1.807) is 17.4 Å². The zero-order valence-electron chi connectivity index (χ0n) is 12.9. The number of ether oxygens (including phenoxy) is 1. The van der Waals surface area contributed by atoms with Crippen molar-refractivity contribution in [3.63, 3.8) is 0 Å². The molecule has 1 heterocycles. The minimum Gasteiger partial charge on any atom is -0.494 e. The molecular weight excluding hydrogens is 309 g/mol. The molecular formula is C16H21F3N2O2. The average Bonchev–Trinajstić information content (AvgIpc) is 2.53. The van der Waals surface area contributed by atoms with Crippen LogP contribution >= 0.6 is 0 Å². The van der Waals surface area contributed by atoms with E-state index < -0.39 is 12.1 Å². The normalized spacial score (nSPS) is 16.1. The predicted octanol–water partition coefficient (Wildman–Crippen LogP) is 3.44. The van der Waals surface area contributed by atoms with E-state index in [-0.39, 0.29) is 5.69 Å². The zero-order valence-corrected chi connectivity index (χ0v) is 12.9. The summed E-state index contributed by atoms with van der Waals surface area (Å²) in [4.78, 5) is 13.2. The van der Waals surface area contributed by atoms with E-state index in [0.29, 0.717) is 12.4 Å². The van der Waals surface area contributed by atoms with E-state index in [2.05, 4.69) is 4.90 Å². The first-order chi connectivity index (χ1) is 10.9. The van der Waals surface area contributed by atoms with Crippen molar-refractivity contribution in [2.45, 2.75) is 31.9 Å². The molecule has 2 rings (SSSR count). The number of likely N-dealkylation sites (tertiary alicyclic amines) is 1. The number of anilines is 1. The second-order valence-corrected chi connectivity index (χ2v) is 5.58. The Balaban J connectivity index is 1.69. The number of hydrogen-bond acceptors (Lipinski definition) is 3. The Hall–Kier alpha value is -1.76. The maximum Gasteiger partial charge on any atom is 0.471 e. The molecule has 1 fully saturated rings. The first kappa shape index (κ1) is 17.6. The van der Waals surface area contributed by atoms with Crippen LogP contribution in [-0.4, -0.2) is 43.2 Å². The summed E-state index contributed by atoms with van der Waals surface area (Å²) in [5.74, 6) is -1.40. The van der Waals surface area contributed by atoms with Gasteiger partial charge in [0.1, 0.15) is 5.75 Å². The summed E-state index contributed by atoms with van der Waals surface area (Å²) in [6.45, 7) is 3.85. The van der Waals surface area contributed by atoms with E-state index >= 15 is 0 Å². The fourth-order valence-electron chi connectivity index (χ4n) is 2.50. The molecule has 0 bridgehead atoms. The van der Waals surface area contributed by atoms with Crippen molar-refractivity contribution < 1.29 is 22.7 Å². The van der Waals surface area contributed by atoms with Gasteiger partial charge < -0.3 is 15.0 Å². The SMILES string of the molecule is O=C(Nc1ccc(OCCCN2CCCCC2)cc1)C(F)(F)F. The highest BCUT2D eigenvalue weighted by Gasteiger charge is 2.38. The van der Waals surface area contributed by atoms with Crippen molar-refractivity contribution in [1.29, 1.82) is 0 Å². The summed E-state index contributed by atoms with van der Waals surface area (Å²) in [5.41, 5.74) is 0.0907. The fraction of sp³-hybridized carbons (Fsp3) is 0.562. The molecule has 0 saturated carbocycles. The van der Waals surface area contributed by atoms with Gasteiger partial charge in [0, 0.05) is 12.2 Å². The van der Waals surface area contributed by atoms with Gasteiger partial charge in [-0.15, -0.1) is 0 Å². The van der Waals surface area contributed by atoms with Crippen molar-refractivity contribution in [2.24, 2.45) is 0 Å². The molecule has 0 radical (unpaired) electrons. The topological polar surface area (TPSA) is 41.6 Å². The molecule has 0 aliphatic carbocycles. The Bertz CT molecular complexity index is 497. The van der Waals surface area contributed by atoms with Crippen LogP contribution in [0.2, 0.25) is 0 Å². The zero-order chi connectivity index (χ0) is 16.7. The van der Waals surface area contributed by atoms with E-state index in [0.717, 1.165) is 26.1 Å². The minimum atomic E-state index is -4.89. The second kappa shape index (κ2) is 8.19. The highest BCUT2D eigenvalue weighted by atomic mass is 19.4. The molecule has 0 spiro atoms. The molecule has 7 heteroatoms. The Morgan fingerprint density at radius 3 is 2.39 bits per heavy atom. The molecule has 1 saturated heterocycles. The molecule has 1 aromatic carbocycles. The number of carbonyl (C=O) groups is 1. The third-order valence-corrected chi connectivity index (χ3v) is 3.71. The summed E-state index contributed by atoms with van der Waals surface area (Å²) >= 11 is 0. The molecule has 0 aromatic heterocycles. The number of rotatable bonds is 6. The molecule has 128 valence electrons.